The number of nitrogens with one attached hydrogen (secondary N) is 1. The van der Waals surface area contributed by atoms with Gasteiger partial charge < -0.3 is 9.64 Å². The fraction of sp³-hybridized carbons (Fsp3) is 0.273. The van der Waals surface area contributed by atoms with Crippen LogP contribution < -0.4 is 4.74 Å². The fourth-order valence-corrected chi connectivity index (χ4v) is 4.63. The smallest absolute Gasteiger partial charge is 0.245 e. The molecule has 1 atom stereocenters. The molecular weight excluding hydrogens is 470 g/mol. The van der Waals surface area contributed by atoms with Gasteiger partial charge in [0.2, 0.25) is 5.91 Å². The molecule has 1 N–H and O–H groups in total. The number of hydrogen-bond donors (Lipinski definition) is 1. The van der Waals surface area contributed by atoms with E-state index < -0.39 is 0 Å². The summed E-state index contributed by atoms with van der Waals surface area (Å²) in [5.74, 6) is 0.882. The molecule has 0 saturated carbocycles. The van der Waals surface area contributed by atoms with E-state index >= 15 is 0 Å². The molecule has 0 bridgehead atoms. The first kappa shape index (κ1) is 26.9. The van der Waals surface area contributed by atoms with Crippen molar-refractivity contribution in [2.24, 2.45) is 0 Å². The highest BCUT2D eigenvalue weighted by Gasteiger charge is 2.14. The number of H-pyrrole nitrogens is 1. The van der Waals surface area contributed by atoms with E-state index in [-0.39, 0.29) is 12.0 Å². The van der Waals surface area contributed by atoms with E-state index in [2.05, 4.69) is 96.8 Å². The van der Waals surface area contributed by atoms with Gasteiger partial charge in [0.1, 0.15) is 5.75 Å². The van der Waals surface area contributed by atoms with Crippen LogP contribution in [0.4, 0.5) is 0 Å². The molecule has 5 heteroatoms. The van der Waals surface area contributed by atoms with Gasteiger partial charge in [-0.05, 0) is 90.8 Å². The van der Waals surface area contributed by atoms with Gasteiger partial charge in [0.25, 0.3) is 0 Å². The summed E-state index contributed by atoms with van der Waals surface area (Å²) in [7, 11) is 3.52. The molecule has 196 valence electrons. The predicted molar refractivity (Wildman–Crippen MR) is 157 cm³/mol. The molecule has 4 aromatic rings. The highest BCUT2D eigenvalue weighted by Crippen LogP contribution is 2.36. The van der Waals surface area contributed by atoms with Crippen molar-refractivity contribution in [1.29, 1.82) is 0 Å². The summed E-state index contributed by atoms with van der Waals surface area (Å²) in [5, 5.41) is 8.35. The normalized spacial score (nSPS) is 12.9. The third kappa shape index (κ3) is 6.80. The Labute approximate surface area is 225 Å². The quantitative estimate of drug-likeness (QED) is 0.130. The third-order valence-electron chi connectivity index (χ3n) is 6.67. The highest BCUT2D eigenvalue weighted by molar-refractivity contribution is 6.00. The van der Waals surface area contributed by atoms with Crippen LogP contribution in [0.2, 0.25) is 0 Å². The van der Waals surface area contributed by atoms with Crippen LogP contribution in [0, 0.1) is 0 Å². The maximum Gasteiger partial charge on any atom is 0.245 e. The van der Waals surface area contributed by atoms with E-state index in [0.29, 0.717) is 0 Å². The molecule has 0 aliphatic carbocycles. The number of amides is 1. The summed E-state index contributed by atoms with van der Waals surface area (Å²) in [4.78, 5) is 13.2. The van der Waals surface area contributed by atoms with Crippen molar-refractivity contribution in [2.75, 3.05) is 14.1 Å². The Balaban J connectivity index is 1.53. The summed E-state index contributed by atoms with van der Waals surface area (Å²) in [5.41, 5.74) is 7.11. The highest BCUT2D eigenvalue weighted by atomic mass is 16.5. The molecule has 1 aromatic heterocycles. The number of benzene rings is 3. The molecule has 5 nitrogen and oxygen atoms in total. The number of nitrogens with zero attached hydrogens (tertiary/aromatic N) is 2. The minimum Gasteiger partial charge on any atom is -0.491 e. The Morgan fingerprint density at radius 3 is 2.45 bits per heavy atom. The minimum absolute atomic E-state index is 0.0194. The number of likely N-dealkylation sites (N-methyl/N-ethyl adjacent to an activating group) is 1. The standard InChI is InChI=1S/C33H37N3O2/c1-5-30(25-13-9-7-10-14-25)33(27-18-21-31-28(22-27)23-34-35-31)26-16-19-29(20-17-26)38-24(2)12-8-6-11-15-32(37)36(3)4/h7,9-11,13-24H,5-6,8,12H2,1-4H3,(H,34,35)/b15-11+,33-30+. The Morgan fingerprint density at radius 1 is 1.00 bits per heavy atom. The van der Waals surface area contributed by atoms with Crippen molar-refractivity contribution in [1.82, 2.24) is 15.1 Å². The number of ether oxygens (including phenoxy) is 1. The van der Waals surface area contributed by atoms with Crippen LogP contribution in [0.25, 0.3) is 22.0 Å². The molecule has 0 aliphatic rings. The van der Waals surface area contributed by atoms with Crippen LogP contribution in [-0.2, 0) is 4.79 Å². The Kier molecular flexibility index (Phi) is 9.15. The van der Waals surface area contributed by atoms with Gasteiger partial charge in [-0.25, -0.2) is 0 Å². The molecule has 0 fully saturated rings. The van der Waals surface area contributed by atoms with Gasteiger partial charge in [0.15, 0.2) is 0 Å². The molecule has 0 spiro atoms. The summed E-state index contributed by atoms with van der Waals surface area (Å²) < 4.78 is 6.21. The van der Waals surface area contributed by atoms with Crippen molar-refractivity contribution in [2.45, 2.75) is 45.6 Å². The van der Waals surface area contributed by atoms with Gasteiger partial charge in [0.05, 0.1) is 17.8 Å². The molecule has 1 unspecified atom stereocenters. The molecule has 0 radical (unpaired) electrons. The molecule has 1 heterocycles. The average Bonchev–Trinajstić information content (AvgIpc) is 3.40. The van der Waals surface area contributed by atoms with Gasteiger partial charge in [-0.3, -0.25) is 9.89 Å². The third-order valence-corrected chi connectivity index (χ3v) is 6.67. The van der Waals surface area contributed by atoms with E-state index in [0.717, 1.165) is 47.9 Å². The number of unbranched alkanes of at least 4 members (excludes halogenated alkanes) is 1. The largest absolute Gasteiger partial charge is 0.491 e. The first-order valence-corrected chi connectivity index (χ1v) is 13.3. The van der Waals surface area contributed by atoms with Gasteiger partial charge in [-0.2, -0.15) is 5.10 Å². The van der Waals surface area contributed by atoms with Crippen molar-refractivity contribution >= 4 is 28.0 Å². The number of carbonyl (C=O) groups excluding carboxylic acids is 1. The minimum atomic E-state index is 0.0194. The second-order valence-corrected chi connectivity index (χ2v) is 9.76. The molecule has 3 aromatic carbocycles. The van der Waals surface area contributed by atoms with Crippen LogP contribution in [0.15, 0.2) is 91.1 Å². The van der Waals surface area contributed by atoms with Crippen LogP contribution in [0.3, 0.4) is 0 Å². The van der Waals surface area contributed by atoms with Crippen LogP contribution in [-0.4, -0.2) is 41.2 Å². The second-order valence-electron chi connectivity index (χ2n) is 9.76. The van der Waals surface area contributed by atoms with Crippen molar-refractivity contribution in [3.8, 4) is 5.75 Å². The molecule has 0 aliphatic heterocycles. The van der Waals surface area contributed by atoms with E-state index in [9.17, 15) is 4.79 Å². The number of aromatic nitrogens is 2. The lowest BCUT2D eigenvalue weighted by Crippen LogP contribution is -2.18. The Hall–Kier alpha value is -4.12. The zero-order valence-electron chi connectivity index (χ0n) is 22.8. The van der Waals surface area contributed by atoms with Crippen molar-refractivity contribution in [3.63, 3.8) is 0 Å². The molecule has 0 saturated heterocycles. The first-order valence-electron chi connectivity index (χ1n) is 13.3. The van der Waals surface area contributed by atoms with Crippen LogP contribution >= 0.6 is 0 Å². The Bertz CT molecular complexity index is 1400. The lowest BCUT2D eigenvalue weighted by molar-refractivity contribution is -0.123. The van der Waals surface area contributed by atoms with Gasteiger partial charge >= 0.3 is 0 Å². The van der Waals surface area contributed by atoms with Gasteiger partial charge in [0, 0.05) is 19.5 Å². The second kappa shape index (κ2) is 12.9. The Morgan fingerprint density at radius 2 is 1.74 bits per heavy atom. The summed E-state index contributed by atoms with van der Waals surface area (Å²) in [6.45, 7) is 4.31. The van der Waals surface area contributed by atoms with E-state index in [1.807, 2.05) is 12.3 Å². The van der Waals surface area contributed by atoms with E-state index in [1.54, 1.807) is 25.1 Å². The SMILES string of the molecule is CC/C(=C(/c1ccc(OC(C)CCC/C=C/C(=O)N(C)C)cc1)c1ccc2[nH]ncc2c1)c1ccccc1. The van der Waals surface area contributed by atoms with Crippen molar-refractivity contribution < 1.29 is 9.53 Å². The lowest BCUT2D eigenvalue weighted by atomic mass is 9.88. The first-order chi connectivity index (χ1) is 18.5. The number of rotatable bonds is 11. The number of allylic oxidation sites excluding steroid dienone is 2. The van der Waals surface area contributed by atoms with Gasteiger partial charge in [-0.1, -0.05) is 61.5 Å². The topological polar surface area (TPSA) is 58.2 Å². The molecule has 38 heavy (non-hydrogen) atoms. The lowest BCUT2D eigenvalue weighted by Gasteiger charge is -2.18. The monoisotopic (exact) mass is 507 g/mol. The van der Waals surface area contributed by atoms with E-state index in [1.165, 1.54) is 22.3 Å². The number of carbonyl (C=O) groups is 1. The van der Waals surface area contributed by atoms with Crippen LogP contribution in [0.5, 0.6) is 5.75 Å². The fourth-order valence-electron chi connectivity index (χ4n) is 4.63. The number of fused-ring (bicyclic) bond motifs is 1. The summed E-state index contributed by atoms with van der Waals surface area (Å²) in [6, 6.07) is 25.5. The van der Waals surface area contributed by atoms with Gasteiger partial charge in [-0.15, -0.1) is 0 Å². The van der Waals surface area contributed by atoms with Crippen molar-refractivity contribution in [3.05, 3.63) is 108 Å². The molecule has 1 amide bonds. The predicted octanol–water partition coefficient (Wildman–Crippen LogP) is 7.51. The zero-order valence-corrected chi connectivity index (χ0v) is 22.8. The zero-order chi connectivity index (χ0) is 26.9. The average molecular weight is 508 g/mol. The molecule has 4 rings (SSSR count). The molecular formula is C33H37N3O2. The van der Waals surface area contributed by atoms with E-state index in [4.69, 9.17) is 4.74 Å². The maximum atomic E-state index is 11.6. The summed E-state index contributed by atoms with van der Waals surface area (Å²) in [6.07, 6.45) is 9.21. The number of aromatic amines is 1. The number of hydrogen-bond acceptors (Lipinski definition) is 3. The summed E-state index contributed by atoms with van der Waals surface area (Å²) >= 11 is 0. The maximum absolute atomic E-state index is 11.6. The van der Waals surface area contributed by atoms with Crippen LogP contribution in [0.1, 0.15) is 56.2 Å².